The van der Waals surface area contributed by atoms with Gasteiger partial charge in [0.15, 0.2) is 0 Å². The van der Waals surface area contributed by atoms with Gasteiger partial charge in [0, 0.05) is 37.4 Å². The molecule has 1 aromatic rings. The van der Waals surface area contributed by atoms with Gasteiger partial charge in [-0.3, -0.25) is 0 Å². The van der Waals surface area contributed by atoms with Gasteiger partial charge in [-0.25, -0.2) is 0 Å². The Morgan fingerprint density at radius 2 is 2.00 bits per heavy atom. The van der Waals surface area contributed by atoms with Gasteiger partial charge in [0.25, 0.3) is 10.2 Å². The molecule has 19 heavy (non-hydrogen) atoms. The van der Waals surface area contributed by atoms with Crippen molar-refractivity contribution in [2.24, 2.45) is 0 Å². The lowest BCUT2D eigenvalue weighted by Gasteiger charge is -2.24. The molecule has 0 spiro atoms. The van der Waals surface area contributed by atoms with Crippen molar-refractivity contribution in [2.75, 3.05) is 25.9 Å². The van der Waals surface area contributed by atoms with Crippen molar-refractivity contribution in [1.29, 1.82) is 0 Å². The standard InChI is InChI=1S/C12H18ClN3O2S/c1-15(19(17,18)16-6-2-3-7-16)9-10-8-11(14)4-5-12(10)13/h4-5,8H,2-3,6-7,9,14H2,1H3. The lowest BCUT2D eigenvalue weighted by molar-refractivity contribution is 0.392. The third-order valence-electron chi connectivity index (χ3n) is 3.25. The monoisotopic (exact) mass is 303 g/mol. The van der Waals surface area contributed by atoms with Gasteiger partial charge in [-0.05, 0) is 36.6 Å². The minimum atomic E-state index is -3.40. The third kappa shape index (κ3) is 3.20. The van der Waals surface area contributed by atoms with Crippen LogP contribution >= 0.6 is 11.6 Å². The topological polar surface area (TPSA) is 66.6 Å². The van der Waals surface area contributed by atoms with Crippen LogP contribution < -0.4 is 5.73 Å². The Morgan fingerprint density at radius 1 is 1.37 bits per heavy atom. The maximum absolute atomic E-state index is 12.3. The maximum atomic E-state index is 12.3. The first-order valence-corrected chi connectivity index (χ1v) is 7.94. The van der Waals surface area contributed by atoms with Gasteiger partial charge in [-0.2, -0.15) is 17.0 Å². The van der Waals surface area contributed by atoms with Crippen LogP contribution in [0.5, 0.6) is 0 Å². The van der Waals surface area contributed by atoms with E-state index >= 15 is 0 Å². The van der Waals surface area contributed by atoms with Crippen LogP contribution in [0.25, 0.3) is 0 Å². The molecule has 0 radical (unpaired) electrons. The predicted molar refractivity (Wildman–Crippen MR) is 77.1 cm³/mol. The molecular formula is C12H18ClN3O2S. The maximum Gasteiger partial charge on any atom is 0.282 e. The molecule has 0 unspecified atom stereocenters. The Balaban J connectivity index is 2.16. The highest BCUT2D eigenvalue weighted by molar-refractivity contribution is 7.86. The number of nitrogens with two attached hydrogens (primary N) is 1. The van der Waals surface area contributed by atoms with Gasteiger partial charge in [-0.1, -0.05) is 11.6 Å². The summed E-state index contributed by atoms with van der Waals surface area (Å²) >= 11 is 6.06. The smallest absolute Gasteiger partial charge is 0.282 e. The Morgan fingerprint density at radius 3 is 2.63 bits per heavy atom. The summed E-state index contributed by atoms with van der Waals surface area (Å²) in [5.41, 5.74) is 6.99. The van der Waals surface area contributed by atoms with Crippen LogP contribution in [-0.2, 0) is 16.8 Å². The molecule has 2 N–H and O–H groups in total. The number of hydrogen-bond donors (Lipinski definition) is 1. The molecule has 0 bridgehead atoms. The lowest BCUT2D eigenvalue weighted by Crippen LogP contribution is -2.39. The lowest BCUT2D eigenvalue weighted by atomic mass is 10.2. The van der Waals surface area contributed by atoms with Crippen LogP contribution in [0.2, 0.25) is 5.02 Å². The van der Waals surface area contributed by atoms with Gasteiger partial charge in [0.05, 0.1) is 0 Å². The molecule has 0 amide bonds. The highest BCUT2D eigenvalue weighted by Gasteiger charge is 2.29. The molecule has 1 fully saturated rings. The highest BCUT2D eigenvalue weighted by atomic mass is 35.5. The first kappa shape index (κ1) is 14.6. The van der Waals surface area contributed by atoms with Crippen LogP contribution in [0.15, 0.2) is 18.2 Å². The Labute approximate surface area is 119 Å². The Hall–Kier alpha value is -0.820. The van der Waals surface area contributed by atoms with Crippen LogP contribution in [0.1, 0.15) is 18.4 Å². The molecule has 1 heterocycles. The zero-order valence-electron chi connectivity index (χ0n) is 10.8. The van der Waals surface area contributed by atoms with Gasteiger partial charge >= 0.3 is 0 Å². The summed E-state index contributed by atoms with van der Waals surface area (Å²) in [5, 5.41) is 0.526. The number of anilines is 1. The number of nitrogen functional groups attached to an aromatic ring is 1. The minimum absolute atomic E-state index is 0.225. The second kappa shape index (κ2) is 5.66. The highest BCUT2D eigenvalue weighted by Crippen LogP contribution is 2.23. The van der Waals surface area contributed by atoms with E-state index in [4.69, 9.17) is 17.3 Å². The van der Waals surface area contributed by atoms with Crippen molar-refractivity contribution in [3.8, 4) is 0 Å². The van der Waals surface area contributed by atoms with Crippen LogP contribution in [0, 0.1) is 0 Å². The Kier molecular flexibility index (Phi) is 4.35. The molecule has 1 saturated heterocycles. The zero-order chi connectivity index (χ0) is 14.0. The van der Waals surface area contributed by atoms with Gasteiger partial charge in [0.1, 0.15) is 0 Å². The van der Waals surface area contributed by atoms with E-state index in [1.54, 1.807) is 25.2 Å². The summed E-state index contributed by atoms with van der Waals surface area (Å²) in [7, 11) is -1.84. The fraction of sp³-hybridized carbons (Fsp3) is 0.500. The molecule has 0 atom stereocenters. The number of nitrogens with zero attached hydrogens (tertiary/aromatic N) is 2. The second-order valence-electron chi connectivity index (χ2n) is 4.72. The van der Waals surface area contributed by atoms with Crippen molar-refractivity contribution < 1.29 is 8.42 Å². The Bertz CT molecular complexity index is 556. The molecule has 5 nitrogen and oxygen atoms in total. The second-order valence-corrected chi connectivity index (χ2v) is 7.16. The van der Waals surface area contributed by atoms with Crippen LogP contribution in [0.3, 0.4) is 0 Å². The molecule has 7 heteroatoms. The molecule has 0 aliphatic carbocycles. The number of rotatable bonds is 4. The molecule has 1 aliphatic heterocycles. The normalized spacial score (nSPS) is 17.2. The minimum Gasteiger partial charge on any atom is -0.399 e. The SMILES string of the molecule is CN(Cc1cc(N)ccc1Cl)S(=O)(=O)N1CCCC1. The first-order valence-electron chi connectivity index (χ1n) is 6.16. The molecule has 1 aliphatic rings. The molecule has 1 aromatic carbocycles. The van der Waals surface area contributed by atoms with E-state index in [1.807, 2.05) is 0 Å². The molecule has 106 valence electrons. The quantitative estimate of drug-likeness (QED) is 0.861. The number of benzene rings is 1. The van der Waals surface area contributed by atoms with Crippen molar-refractivity contribution in [1.82, 2.24) is 8.61 Å². The summed E-state index contributed by atoms with van der Waals surface area (Å²) < 4.78 is 27.4. The fourth-order valence-electron chi connectivity index (χ4n) is 2.15. The largest absolute Gasteiger partial charge is 0.399 e. The summed E-state index contributed by atoms with van der Waals surface area (Å²) in [6.45, 7) is 1.41. The van der Waals surface area contributed by atoms with E-state index < -0.39 is 10.2 Å². The molecular weight excluding hydrogens is 286 g/mol. The predicted octanol–water partition coefficient (Wildman–Crippen LogP) is 1.69. The van der Waals surface area contributed by atoms with E-state index in [0.29, 0.717) is 29.4 Å². The van der Waals surface area contributed by atoms with E-state index in [-0.39, 0.29) is 6.54 Å². The average molecular weight is 304 g/mol. The van der Waals surface area contributed by atoms with Crippen molar-refractivity contribution in [3.63, 3.8) is 0 Å². The molecule has 2 rings (SSSR count). The fourth-order valence-corrected chi connectivity index (χ4v) is 3.75. The van der Waals surface area contributed by atoms with Crippen LogP contribution in [-0.4, -0.2) is 37.2 Å². The zero-order valence-corrected chi connectivity index (χ0v) is 12.4. The van der Waals surface area contributed by atoms with Crippen molar-refractivity contribution in [2.45, 2.75) is 19.4 Å². The average Bonchev–Trinajstić information content (AvgIpc) is 2.88. The summed E-state index contributed by atoms with van der Waals surface area (Å²) in [4.78, 5) is 0. The van der Waals surface area contributed by atoms with Crippen molar-refractivity contribution in [3.05, 3.63) is 28.8 Å². The van der Waals surface area contributed by atoms with E-state index in [0.717, 1.165) is 12.8 Å². The van der Waals surface area contributed by atoms with Crippen molar-refractivity contribution >= 4 is 27.5 Å². The van der Waals surface area contributed by atoms with E-state index in [9.17, 15) is 8.42 Å². The van der Waals surface area contributed by atoms with E-state index in [1.165, 1.54) is 8.61 Å². The summed E-state index contributed by atoms with van der Waals surface area (Å²) in [6, 6.07) is 5.08. The number of hydrogen-bond acceptors (Lipinski definition) is 3. The number of halogens is 1. The van der Waals surface area contributed by atoms with Gasteiger partial charge < -0.3 is 5.73 Å². The summed E-state index contributed by atoms with van der Waals surface area (Å²) in [6.07, 6.45) is 1.85. The van der Waals surface area contributed by atoms with E-state index in [2.05, 4.69) is 0 Å². The van der Waals surface area contributed by atoms with Crippen LogP contribution in [0.4, 0.5) is 5.69 Å². The summed E-state index contributed by atoms with van der Waals surface area (Å²) in [5.74, 6) is 0. The van der Waals surface area contributed by atoms with Gasteiger partial charge in [-0.15, -0.1) is 0 Å². The molecule has 0 saturated carbocycles. The van der Waals surface area contributed by atoms with Gasteiger partial charge in [0.2, 0.25) is 0 Å². The molecule has 0 aromatic heterocycles. The first-order chi connectivity index (χ1) is 8.91. The third-order valence-corrected chi connectivity index (χ3v) is 5.55.